The number of nitrogens with zero attached hydrogens (tertiary/aromatic N) is 2. The van der Waals surface area contributed by atoms with Gasteiger partial charge in [-0.05, 0) is 31.0 Å². The smallest absolute Gasteiger partial charge is 0.124 e. The van der Waals surface area contributed by atoms with Gasteiger partial charge in [0.05, 0.1) is 16.4 Å². The molecule has 0 spiro atoms. The summed E-state index contributed by atoms with van der Waals surface area (Å²) in [5.74, 6) is 1.26. The number of para-hydroxylation sites is 1. The van der Waals surface area contributed by atoms with Crippen LogP contribution in [0.2, 0.25) is 5.02 Å². The Labute approximate surface area is 134 Å². The second kappa shape index (κ2) is 6.08. The van der Waals surface area contributed by atoms with E-state index in [1.54, 1.807) is 0 Å². The molecule has 2 nitrogen and oxygen atoms in total. The molecule has 0 amide bonds. The third-order valence-corrected chi connectivity index (χ3v) is 4.18. The number of fused-ring (bicyclic) bond motifs is 1. The molecule has 0 saturated heterocycles. The first kappa shape index (κ1) is 14.4. The Balaban J connectivity index is 1.94. The Morgan fingerprint density at radius 3 is 2.71 bits per heavy atom. The van der Waals surface area contributed by atoms with Crippen LogP contribution in [0.1, 0.15) is 17.0 Å². The number of halogens is 2. The Hall–Kier alpha value is -1.51. The maximum absolute atomic E-state index is 6.22. The SMILES string of the molecule is Cc1cccc(CCn2c(CCl)nc3c(Cl)cccc32)c1. The lowest BCUT2D eigenvalue weighted by Crippen LogP contribution is -2.05. The molecular weight excluding hydrogens is 303 g/mol. The van der Waals surface area contributed by atoms with Gasteiger partial charge in [-0.2, -0.15) is 0 Å². The maximum Gasteiger partial charge on any atom is 0.124 e. The van der Waals surface area contributed by atoms with Gasteiger partial charge in [-0.1, -0.05) is 47.5 Å². The van der Waals surface area contributed by atoms with Gasteiger partial charge in [0.25, 0.3) is 0 Å². The van der Waals surface area contributed by atoms with Crippen LogP contribution in [0.15, 0.2) is 42.5 Å². The molecule has 1 aromatic heterocycles. The molecule has 3 aromatic rings. The van der Waals surface area contributed by atoms with Crippen molar-refractivity contribution >= 4 is 34.2 Å². The fraction of sp³-hybridized carbons (Fsp3) is 0.235. The van der Waals surface area contributed by atoms with Crippen LogP contribution in [0.4, 0.5) is 0 Å². The van der Waals surface area contributed by atoms with Crippen LogP contribution in [0, 0.1) is 6.92 Å². The van der Waals surface area contributed by atoms with Gasteiger partial charge in [0.15, 0.2) is 0 Å². The molecule has 0 aliphatic carbocycles. The van der Waals surface area contributed by atoms with Crippen molar-refractivity contribution in [1.29, 1.82) is 0 Å². The van der Waals surface area contributed by atoms with Crippen LogP contribution >= 0.6 is 23.2 Å². The largest absolute Gasteiger partial charge is 0.327 e. The molecule has 0 fully saturated rings. The number of hydrogen-bond donors (Lipinski definition) is 0. The molecule has 0 radical (unpaired) electrons. The molecule has 0 unspecified atom stereocenters. The molecule has 4 heteroatoms. The Bertz CT molecular complexity index is 778. The molecule has 2 aromatic carbocycles. The van der Waals surface area contributed by atoms with Crippen molar-refractivity contribution < 1.29 is 0 Å². The summed E-state index contributed by atoms with van der Waals surface area (Å²) in [5, 5.41) is 0.674. The summed E-state index contributed by atoms with van der Waals surface area (Å²) in [6.45, 7) is 2.96. The van der Waals surface area contributed by atoms with Crippen LogP contribution in [0.5, 0.6) is 0 Å². The Morgan fingerprint density at radius 1 is 1.14 bits per heavy atom. The van der Waals surface area contributed by atoms with Gasteiger partial charge in [-0.15, -0.1) is 11.6 Å². The van der Waals surface area contributed by atoms with Gasteiger partial charge in [0.1, 0.15) is 11.3 Å². The fourth-order valence-corrected chi connectivity index (χ4v) is 3.04. The summed E-state index contributed by atoms with van der Waals surface area (Å²) < 4.78 is 2.16. The summed E-state index contributed by atoms with van der Waals surface area (Å²) in [4.78, 5) is 4.56. The van der Waals surface area contributed by atoms with E-state index in [0.717, 1.165) is 29.8 Å². The van der Waals surface area contributed by atoms with Crippen LogP contribution in [-0.2, 0) is 18.8 Å². The number of hydrogen-bond acceptors (Lipinski definition) is 1. The number of rotatable bonds is 4. The number of aromatic nitrogens is 2. The van der Waals surface area contributed by atoms with E-state index in [4.69, 9.17) is 23.2 Å². The average Bonchev–Trinajstić information content (AvgIpc) is 2.84. The Kier molecular flexibility index (Phi) is 4.18. The summed E-state index contributed by atoms with van der Waals surface area (Å²) in [5.41, 5.74) is 4.48. The molecule has 0 bridgehead atoms. The Morgan fingerprint density at radius 2 is 1.95 bits per heavy atom. The number of imidazole rings is 1. The average molecular weight is 319 g/mol. The first-order valence-electron chi connectivity index (χ1n) is 6.94. The van der Waals surface area contributed by atoms with Gasteiger partial charge in [-0.25, -0.2) is 4.98 Å². The van der Waals surface area contributed by atoms with Gasteiger partial charge in [-0.3, -0.25) is 0 Å². The summed E-state index contributed by atoms with van der Waals surface area (Å²) in [6.07, 6.45) is 0.948. The first-order valence-corrected chi connectivity index (χ1v) is 7.85. The van der Waals surface area contributed by atoms with Gasteiger partial charge < -0.3 is 4.57 Å². The van der Waals surface area contributed by atoms with Crippen molar-refractivity contribution in [3.63, 3.8) is 0 Å². The first-order chi connectivity index (χ1) is 10.2. The molecule has 0 N–H and O–H groups in total. The predicted octanol–water partition coefficient (Wildman–Crippen LogP) is 4.98. The van der Waals surface area contributed by atoms with Crippen molar-refractivity contribution in [1.82, 2.24) is 9.55 Å². The highest BCUT2D eigenvalue weighted by Gasteiger charge is 2.12. The summed E-state index contributed by atoms with van der Waals surface area (Å²) >= 11 is 12.3. The normalized spacial score (nSPS) is 11.2. The standard InChI is InChI=1S/C17H16Cl2N2/c1-12-4-2-5-13(10-12)8-9-21-15-7-3-6-14(19)17(15)20-16(21)11-18/h2-7,10H,8-9,11H2,1H3. The third kappa shape index (κ3) is 2.92. The number of aryl methyl sites for hydroxylation is 3. The molecule has 21 heavy (non-hydrogen) atoms. The molecule has 1 heterocycles. The summed E-state index contributed by atoms with van der Waals surface area (Å²) in [6, 6.07) is 14.4. The van der Waals surface area contributed by atoms with Crippen LogP contribution in [0.3, 0.4) is 0 Å². The monoisotopic (exact) mass is 318 g/mol. The van der Waals surface area contributed by atoms with E-state index in [-0.39, 0.29) is 0 Å². The maximum atomic E-state index is 6.22. The van der Waals surface area contributed by atoms with Crippen molar-refractivity contribution in [2.75, 3.05) is 0 Å². The highest BCUT2D eigenvalue weighted by Crippen LogP contribution is 2.25. The van der Waals surface area contributed by atoms with Crippen LogP contribution in [0.25, 0.3) is 11.0 Å². The van der Waals surface area contributed by atoms with Gasteiger partial charge in [0.2, 0.25) is 0 Å². The molecule has 0 aliphatic rings. The second-order valence-electron chi connectivity index (χ2n) is 5.16. The van der Waals surface area contributed by atoms with Crippen molar-refractivity contribution in [3.05, 3.63) is 64.4 Å². The highest BCUT2D eigenvalue weighted by molar-refractivity contribution is 6.35. The minimum absolute atomic E-state index is 0.388. The van der Waals surface area contributed by atoms with E-state index >= 15 is 0 Å². The zero-order chi connectivity index (χ0) is 14.8. The van der Waals surface area contributed by atoms with E-state index in [0.29, 0.717) is 10.9 Å². The van der Waals surface area contributed by atoms with E-state index in [1.807, 2.05) is 18.2 Å². The lowest BCUT2D eigenvalue weighted by atomic mass is 10.1. The zero-order valence-electron chi connectivity index (χ0n) is 11.8. The highest BCUT2D eigenvalue weighted by atomic mass is 35.5. The minimum Gasteiger partial charge on any atom is -0.327 e. The fourth-order valence-electron chi connectivity index (χ4n) is 2.62. The lowest BCUT2D eigenvalue weighted by molar-refractivity contribution is 0.688. The molecule has 0 atom stereocenters. The predicted molar refractivity (Wildman–Crippen MR) is 89.2 cm³/mol. The topological polar surface area (TPSA) is 17.8 Å². The quantitative estimate of drug-likeness (QED) is 0.620. The minimum atomic E-state index is 0.388. The van der Waals surface area contributed by atoms with E-state index in [2.05, 4.69) is 40.7 Å². The molecular formula is C17H16Cl2N2. The summed E-state index contributed by atoms with van der Waals surface area (Å²) in [7, 11) is 0. The molecule has 0 saturated carbocycles. The van der Waals surface area contributed by atoms with Gasteiger partial charge in [0, 0.05) is 6.54 Å². The lowest BCUT2D eigenvalue weighted by Gasteiger charge is -2.08. The van der Waals surface area contributed by atoms with Crippen molar-refractivity contribution in [3.8, 4) is 0 Å². The number of benzene rings is 2. The van der Waals surface area contributed by atoms with E-state index < -0.39 is 0 Å². The molecule has 108 valence electrons. The molecule has 0 aliphatic heterocycles. The van der Waals surface area contributed by atoms with Crippen LogP contribution in [-0.4, -0.2) is 9.55 Å². The number of alkyl halides is 1. The van der Waals surface area contributed by atoms with Crippen molar-refractivity contribution in [2.45, 2.75) is 25.8 Å². The zero-order valence-corrected chi connectivity index (χ0v) is 13.3. The van der Waals surface area contributed by atoms with E-state index in [9.17, 15) is 0 Å². The van der Waals surface area contributed by atoms with Crippen LogP contribution < -0.4 is 0 Å². The molecule has 3 rings (SSSR count). The third-order valence-electron chi connectivity index (χ3n) is 3.63. The van der Waals surface area contributed by atoms with E-state index in [1.165, 1.54) is 11.1 Å². The second-order valence-corrected chi connectivity index (χ2v) is 5.83. The van der Waals surface area contributed by atoms with Crippen molar-refractivity contribution in [2.24, 2.45) is 0 Å². The van der Waals surface area contributed by atoms with Gasteiger partial charge >= 0.3 is 0 Å².